The van der Waals surface area contributed by atoms with Crippen LogP contribution in [0.4, 0.5) is 5.95 Å². The Kier molecular flexibility index (Phi) is 4.28. The van der Waals surface area contributed by atoms with Crippen molar-refractivity contribution >= 4 is 17.5 Å². The van der Waals surface area contributed by atoms with Gasteiger partial charge in [-0.3, -0.25) is 9.47 Å². The fourth-order valence-electron chi connectivity index (χ4n) is 2.28. The highest BCUT2D eigenvalue weighted by Crippen LogP contribution is 2.15. The minimum Gasteiger partial charge on any atom is -0.395 e. The predicted octanol–water partition coefficient (Wildman–Crippen LogP) is -0.175. The molecule has 0 saturated carbocycles. The summed E-state index contributed by atoms with van der Waals surface area (Å²) in [5.41, 5.74) is 0. The van der Waals surface area contributed by atoms with E-state index in [1.54, 1.807) is 23.3 Å². The van der Waals surface area contributed by atoms with Gasteiger partial charge in [0.25, 0.3) is 0 Å². The van der Waals surface area contributed by atoms with Crippen molar-refractivity contribution in [2.45, 2.75) is 0 Å². The molecule has 3 rings (SSSR count). The van der Waals surface area contributed by atoms with E-state index in [0.29, 0.717) is 18.4 Å². The van der Waals surface area contributed by atoms with Crippen LogP contribution in [0.25, 0.3) is 5.95 Å². The lowest BCUT2D eigenvalue weighted by Gasteiger charge is -2.34. The third kappa shape index (κ3) is 3.29. The second kappa shape index (κ2) is 6.33. The van der Waals surface area contributed by atoms with E-state index in [-0.39, 0.29) is 11.9 Å². The number of aromatic nitrogens is 5. The molecule has 1 aliphatic rings. The molecule has 0 spiro atoms. The summed E-state index contributed by atoms with van der Waals surface area (Å²) in [7, 11) is 0. The Morgan fingerprint density at radius 3 is 2.52 bits per heavy atom. The van der Waals surface area contributed by atoms with Gasteiger partial charge < -0.3 is 10.0 Å². The second-order valence-electron chi connectivity index (χ2n) is 4.73. The monoisotopic (exact) mass is 309 g/mol. The van der Waals surface area contributed by atoms with Gasteiger partial charge in [-0.2, -0.15) is 15.0 Å². The molecule has 21 heavy (non-hydrogen) atoms. The van der Waals surface area contributed by atoms with Crippen LogP contribution in [0.15, 0.2) is 18.7 Å². The Hall–Kier alpha value is -1.77. The van der Waals surface area contributed by atoms with Crippen molar-refractivity contribution in [3.63, 3.8) is 0 Å². The van der Waals surface area contributed by atoms with Crippen LogP contribution in [0.3, 0.4) is 0 Å². The molecular formula is C12H16ClN7O. The third-order valence-corrected chi connectivity index (χ3v) is 3.56. The average Bonchev–Trinajstić information content (AvgIpc) is 3.02. The molecule has 0 atom stereocenters. The number of hydrogen-bond acceptors (Lipinski definition) is 7. The van der Waals surface area contributed by atoms with Crippen molar-refractivity contribution in [3.8, 4) is 5.95 Å². The molecule has 1 fully saturated rings. The number of aliphatic hydroxyl groups is 1. The maximum absolute atomic E-state index is 8.97. The molecule has 0 aliphatic carbocycles. The normalized spacial score (nSPS) is 16.4. The van der Waals surface area contributed by atoms with Gasteiger partial charge in [-0.15, -0.1) is 0 Å². The minimum absolute atomic E-state index is 0.168. The zero-order chi connectivity index (χ0) is 14.7. The molecule has 112 valence electrons. The number of anilines is 1. The van der Waals surface area contributed by atoms with E-state index < -0.39 is 0 Å². The molecule has 1 saturated heterocycles. The van der Waals surface area contributed by atoms with Crippen LogP contribution in [-0.2, 0) is 0 Å². The number of halogens is 1. The Balaban J connectivity index is 1.77. The molecular weight excluding hydrogens is 294 g/mol. The van der Waals surface area contributed by atoms with E-state index >= 15 is 0 Å². The molecule has 1 N–H and O–H groups in total. The molecule has 1 aliphatic heterocycles. The molecule has 0 aromatic carbocycles. The van der Waals surface area contributed by atoms with Crippen molar-refractivity contribution < 1.29 is 5.11 Å². The van der Waals surface area contributed by atoms with Crippen LogP contribution in [0, 0.1) is 0 Å². The van der Waals surface area contributed by atoms with Crippen molar-refractivity contribution in [3.05, 3.63) is 24.0 Å². The summed E-state index contributed by atoms with van der Waals surface area (Å²) in [4.78, 5) is 21.0. The summed E-state index contributed by atoms with van der Waals surface area (Å²) in [6.45, 7) is 4.20. The van der Waals surface area contributed by atoms with Crippen LogP contribution in [0.2, 0.25) is 5.28 Å². The summed E-state index contributed by atoms with van der Waals surface area (Å²) in [5.74, 6) is 1.03. The maximum atomic E-state index is 8.97. The Labute approximate surface area is 127 Å². The van der Waals surface area contributed by atoms with Crippen LogP contribution in [0.1, 0.15) is 0 Å². The van der Waals surface area contributed by atoms with Crippen molar-refractivity contribution in [1.29, 1.82) is 0 Å². The lowest BCUT2D eigenvalue weighted by molar-refractivity contribution is 0.188. The average molecular weight is 310 g/mol. The van der Waals surface area contributed by atoms with Gasteiger partial charge in [-0.25, -0.2) is 4.98 Å². The van der Waals surface area contributed by atoms with Gasteiger partial charge in [0, 0.05) is 45.1 Å². The predicted molar refractivity (Wildman–Crippen MR) is 77.7 cm³/mol. The van der Waals surface area contributed by atoms with Crippen LogP contribution >= 0.6 is 11.6 Å². The summed E-state index contributed by atoms with van der Waals surface area (Å²) in [6.07, 6.45) is 5.04. The molecule has 2 aromatic heterocycles. The van der Waals surface area contributed by atoms with E-state index in [9.17, 15) is 0 Å². The van der Waals surface area contributed by atoms with Gasteiger partial charge in [0.05, 0.1) is 6.61 Å². The largest absolute Gasteiger partial charge is 0.395 e. The molecule has 3 heterocycles. The molecule has 0 bridgehead atoms. The second-order valence-corrected chi connectivity index (χ2v) is 5.06. The molecule has 0 amide bonds. The Morgan fingerprint density at radius 2 is 1.86 bits per heavy atom. The van der Waals surface area contributed by atoms with E-state index in [4.69, 9.17) is 16.7 Å². The lowest BCUT2D eigenvalue weighted by atomic mass is 10.3. The smallest absolute Gasteiger partial charge is 0.241 e. The highest BCUT2D eigenvalue weighted by molar-refractivity contribution is 6.28. The van der Waals surface area contributed by atoms with E-state index in [2.05, 4.69) is 29.7 Å². The lowest BCUT2D eigenvalue weighted by Crippen LogP contribution is -2.47. The fourth-order valence-corrected chi connectivity index (χ4v) is 2.43. The SMILES string of the molecule is OCCN1CCN(c2nc(Cl)nc(-n3ccnc3)n2)CC1. The highest BCUT2D eigenvalue weighted by Gasteiger charge is 2.20. The fraction of sp³-hybridized carbons (Fsp3) is 0.500. The van der Waals surface area contributed by atoms with E-state index in [0.717, 1.165) is 26.2 Å². The number of hydrogen-bond donors (Lipinski definition) is 1. The molecule has 9 heteroatoms. The molecule has 0 unspecified atom stereocenters. The quantitative estimate of drug-likeness (QED) is 0.839. The zero-order valence-corrected chi connectivity index (χ0v) is 12.2. The maximum Gasteiger partial charge on any atom is 0.241 e. The number of rotatable bonds is 4. The Morgan fingerprint density at radius 1 is 1.10 bits per heavy atom. The van der Waals surface area contributed by atoms with Crippen molar-refractivity contribution in [2.75, 3.05) is 44.2 Å². The third-order valence-electron chi connectivity index (χ3n) is 3.39. The van der Waals surface area contributed by atoms with Gasteiger partial charge in [-0.1, -0.05) is 0 Å². The first kappa shape index (κ1) is 14.2. The first-order chi connectivity index (χ1) is 10.3. The van der Waals surface area contributed by atoms with Gasteiger partial charge in [-0.05, 0) is 11.6 Å². The number of β-amino-alcohol motifs (C(OH)–C–C–N with tert-alkyl or cyclic N) is 1. The summed E-state index contributed by atoms with van der Waals surface area (Å²) in [5, 5.41) is 9.13. The van der Waals surface area contributed by atoms with Gasteiger partial charge >= 0.3 is 0 Å². The minimum atomic E-state index is 0.168. The van der Waals surface area contributed by atoms with Crippen molar-refractivity contribution in [1.82, 2.24) is 29.4 Å². The zero-order valence-electron chi connectivity index (χ0n) is 11.4. The number of piperazine rings is 1. The van der Waals surface area contributed by atoms with Crippen LogP contribution in [-0.4, -0.2) is 73.8 Å². The molecule has 8 nitrogen and oxygen atoms in total. The van der Waals surface area contributed by atoms with E-state index in [1.807, 2.05) is 0 Å². The Bertz CT molecular complexity index is 583. The standard InChI is InChI=1S/C12H16ClN7O/c13-10-15-11(17-12(16-10)20-2-1-14-9-20)19-5-3-18(4-6-19)7-8-21/h1-2,9,21H,3-8H2. The summed E-state index contributed by atoms with van der Waals surface area (Å²) in [6, 6.07) is 0. The van der Waals surface area contributed by atoms with Crippen LogP contribution < -0.4 is 4.90 Å². The van der Waals surface area contributed by atoms with Crippen molar-refractivity contribution in [2.24, 2.45) is 0 Å². The number of aliphatic hydroxyl groups excluding tert-OH is 1. The van der Waals surface area contributed by atoms with Crippen LogP contribution in [0.5, 0.6) is 0 Å². The topological polar surface area (TPSA) is 83.2 Å². The van der Waals surface area contributed by atoms with Gasteiger partial charge in [0.1, 0.15) is 6.33 Å². The number of nitrogens with zero attached hydrogens (tertiary/aromatic N) is 7. The first-order valence-corrected chi connectivity index (χ1v) is 7.12. The summed E-state index contributed by atoms with van der Waals surface area (Å²) >= 11 is 6.00. The van der Waals surface area contributed by atoms with Gasteiger partial charge in [0.2, 0.25) is 17.2 Å². The molecule has 2 aromatic rings. The van der Waals surface area contributed by atoms with Gasteiger partial charge in [0.15, 0.2) is 0 Å². The number of imidazole rings is 1. The van der Waals surface area contributed by atoms with E-state index in [1.165, 1.54) is 0 Å². The molecule has 0 radical (unpaired) electrons. The highest BCUT2D eigenvalue weighted by atomic mass is 35.5. The summed E-state index contributed by atoms with van der Waals surface area (Å²) < 4.78 is 1.69. The first-order valence-electron chi connectivity index (χ1n) is 6.74.